The fourth-order valence-electron chi connectivity index (χ4n) is 3.60. The van der Waals surface area contributed by atoms with Crippen LogP contribution in [0.4, 0.5) is 5.69 Å². The first-order valence-corrected chi connectivity index (χ1v) is 10.2. The normalized spacial score (nSPS) is 14.7. The number of nitrogens with one attached hydrogen (secondary N) is 1. The molecule has 1 N–H and O–H groups in total. The van der Waals surface area contributed by atoms with Gasteiger partial charge in [0.15, 0.2) is 0 Å². The lowest BCUT2D eigenvalue weighted by atomic mass is 9.88. The number of hydrogen-bond acceptors (Lipinski definition) is 4. The topological polar surface area (TPSA) is 72.7 Å². The lowest BCUT2D eigenvalue weighted by Crippen LogP contribution is -2.24. The highest BCUT2D eigenvalue weighted by atomic mass is 35.5. The zero-order valence-corrected chi connectivity index (χ0v) is 16.7. The van der Waals surface area contributed by atoms with Crippen molar-refractivity contribution in [3.05, 3.63) is 69.7 Å². The molecule has 3 aromatic rings. The van der Waals surface area contributed by atoms with Crippen LogP contribution in [0.15, 0.2) is 53.5 Å². The van der Waals surface area contributed by atoms with Gasteiger partial charge in [0.2, 0.25) is 5.91 Å². The van der Waals surface area contributed by atoms with Crippen molar-refractivity contribution in [3.8, 4) is 5.75 Å². The van der Waals surface area contributed by atoms with Gasteiger partial charge in [0.05, 0.1) is 10.7 Å². The molecule has 0 aliphatic heterocycles. The van der Waals surface area contributed by atoms with E-state index in [1.165, 1.54) is 23.1 Å². The zero-order valence-electron chi connectivity index (χ0n) is 15.9. The fourth-order valence-corrected chi connectivity index (χ4v) is 3.76. The molecule has 2 heterocycles. The standard InChI is InChI=1S/C22H22ClN3O3/c23-16-6-11-20-24-18(12-21(27)26(20)13-16)14-29-19-9-7-17(8-10-19)25-22(28)15-4-2-1-3-5-15/h6-13,15H,1-5,14H2,(H,25,28). The predicted octanol–water partition coefficient (Wildman–Crippen LogP) is 4.45. The monoisotopic (exact) mass is 411 g/mol. The van der Waals surface area contributed by atoms with Crippen molar-refractivity contribution in [2.75, 3.05) is 5.32 Å². The van der Waals surface area contributed by atoms with Gasteiger partial charge in [-0.2, -0.15) is 0 Å². The molecule has 1 amide bonds. The maximum atomic E-state index is 12.3. The second-order valence-electron chi connectivity index (χ2n) is 7.30. The lowest BCUT2D eigenvalue weighted by Gasteiger charge is -2.20. The first kappa shape index (κ1) is 19.5. The second-order valence-corrected chi connectivity index (χ2v) is 7.73. The summed E-state index contributed by atoms with van der Waals surface area (Å²) in [6.07, 6.45) is 6.96. The molecule has 1 aliphatic rings. The number of halogens is 1. The van der Waals surface area contributed by atoms with Gasteiger partial charge in [0.1, 0.15) is 18.0 Å². The van der Waals surface area contributed by atoms with E-state index in [0.717, 1.165) is 31.4 Å². The number of fused-ring (bicyclic) bond motifs is 1. The van der Waals surface area contributed by atoms with Gasteiger partial charge in [-0.05, 0) is 49.2 Å². The Balaban J connectivity index is 1.38. The number of rotatable bonds is 5. The molecular weight excluding hydrogens is 390 g/mol. The second kappa shape index (κ2) is 8.66. The van der Waals surface area contributed by atoms with Gasteiger partial charge in [0.25, 0.3) is 5.56 Å². The SMILES string of the molecule is O=C(Nc1ccc(OCc2cc(=O)n3cc(Cl)ccc3n2)cc1)C1CCCCC1. The molecule has 0 radical (unpaired) electrons. The van der Waals surface area contributed by atoms with Gasteiger partial charge < -0.3 is 10.1 Å². The summed E-state index contributed by atoms with van der Waals surface area (Å²) in [7, 11) is 0. The van der Waals surface area contributed by atoms with Crippen LogP contribution in [0.25, 0.3) is 5.65 Å². The summed E-state index contributed by atoms with van der Waals surface area (Å²) in [5, 5.41) is 3.46. The Morgan fingerprint density at radius 2 is 1.90 bits per heavy atom. The minimum Gasteiger partial charge on any atom is -0.487 e. The van der Waals surface area contributed by atoms with Crippen molar-refractivity contribution >= 4 is 28.8 Å². The number of nitrogens with zero attached hydrogens (tertiary/aromatic N) is 2. The molecule has 0 atom stereocenters. The van der Waals surface area contributed by atoms with E-state index in [9.17, 15) is 9.59 Å². The Morgan fingerprint density at radius 3 is 2.66 bits per heavy atom. The average Bonchev–Trinajstić information content (AvgIpc) is 2.74. The van der Waals surface area contributed by atoms with Crippen LogP contribution in [0.5, 0.6) is 5.75 Å². The van der Waals surface area contributed by atoms with Gasteiger partial charge in [0, 0.05) is 23.9 Å². The molecule has 29 heavy (non-hydrogen) atoms. The molecule has 7 heteroatoms. The van der Waals surface area contributed by atoms with Gasteiger partial charge in [-0.1, -0.05) is 30.9 Å². The molecule has 0 bridgehead atoms. The first-order valence-electron chi connectivity index (χ1n) is 9.80. The minimum atomic E-state index is -0.211. The molecule has 0 unspecified atom stereocenters. The Labute approximate surface area is 173 Å². The van der Waals surface area contributed by atoms with Crippen LogP contribution in [0.2, 0.25) is 5.02 Å². The third-order valence-electron chi connectivity index (χ3n) is 5.16. The Bertz CT molecular complexity index is 1070. The third kappa shape index (κ3) is 4.77. The van der Waals surface area contributed by atoms with Gasteiger partial charge in [-0.25, -0.2) is 4.98 Å². The highest BCUT2D eigenvalue weighted by molar-refractivity contribution is 6.30. The molecular formula is C22H22ClN3O3. The van der Waals surface area contributed by atoms with E-state index >= 15 is 0 Å². The highest BCUT2D eigenvalue weighted by Gasteiger charge is 2.20. The molecule has 6 nitrogen and oxygen atoms in total. The summed E-state index contributed by atoms with van der Waals surface area (Å²) in [5.74, 6) is 0.853. The molecule has 150 valence electrons. The minimum absolute atomic E-state index is 0.0966. The van der Waals surface area contributed by atoms with Crippen LogP contribution in [0, 0.1) is 5.92 Å². The Hall–Kier alpha value is -2.86. The first-order chi connectivity index (χ1) is 14.1. The fraction of sp³-hybridized carbons (Fsp3) is 0.318. The average molecular weight is 412 g/mol. The maximum Gasteiger partial charge on any atom is 0.258 e. The van der Waals surface area contributed by atoms with Gasteiger partial charge in [-0.15, -0.1) is 0 Å². The summed E-state index contributed by atoms with van der Waals surface area (Å²) < 4.78 is 7.15. The van der Waals surface area contributed by atoms with E-state index in [1.54, 1.807) is 24.3 Å². The molecule has 1 aliphatic carbocycles. The third-order valence-corrected chi connectivity index (χ3v) is 5.38. The van der Waals surface area contributed by atoms with E-state index in [4.69, 9.17) is 16.3 Å². The molecule has 1 aromatic carbocycles. The van der Waals surface area contributed by atoms with Crippen molar-refractivity contribution in [3.63, 3.8) is 0 Å². The summed E-state index contributed by atoms with van der Waals surface area (Å²) in [6, 6.07) is 12.0. The molecule has 2 aromatic heterocycles. The summed E-state index contributed by atoms with van der Waals surface area (Å²) in [4.78, 5) is 29.0. The van der Waals surface area contributed by atoms with E-state index in [1.807, 2.05) is 12.1 Å². The van der Waals surface area contributed by atoms with E-state index in [0.29, 0.717) is 22.1 Å². The summed E-state index contributed by atoms with van der Waals surface area (Å²) >= 11 is 5.92. The predicted molar refractivity (Wildman–Crippen MR) is 112 cm³/mol. The number of hydrogen-bond donors (Lipinski definition) is 1. The van der Waals surface area contributed by atoms with Crippen molar-refractivity contribution in [2.24, 2.45) is 5.92 Å². The van der Waals surface area contributed by atoms with Crippen LogP contribution in [-0.4, -0.2) is 15.3 Å². The number of pyridine rings is 1. The number of ether oxygens (including phenoxy) is 1. The maximum absolute atomic E-state index is 12.3. The summed E-state index contributed by atoms with van der Waals surface area (Å²) in [5.41, 5.74) is 1.59. The molecule has 1 saturated carbocycles. The van der Waals surface area contributed by atoms with E-state index in [-0.39, 0.29) is 24.0 Å². The van der Waals surface area contributed by atoms with Crippen LogP contribution in [0.3, 0.4) is 0 Å². The number of aromatic nitrogens is 2. The number of amides is 1. The molecule has 4 rings (SSSR count). The number of benzene rings is 1. The van der Waals surface area contributed by atoms with Gasteiger partial charge >= 0.3 is 0 Å². The van der Waals surface area contributed by atoms with Crippen LogP contribution >= 0.6 is 11.6 Å². The number of anilines is 1. The Kier molecular flexibility index (Phi) is 5.81. The van der Waals surface area contributed by atoms with Crippen molar-refractivity contribution in [1.29, 1.82) is 0 Å². The van der Waals surface area contributed by atoms with E-state index < -0.39 is 0 Å². The molecule has 0 saturated heterocycles. The number of carbonyl (C=O) groups is 1. The quantitative estimate of drug-likeness (QED) is 0.673. The highest BCUT2D eigenvalue weighted by Crippen LogP contribution is 2.25. The van der Waals surface area contributed by atoms with Crippen LogP contribution in [-0.2, 0) is 11.4 Å². The summed E-state index contributed by atoms with van der Waals surface area (Å²) in [6.45, 7) is 0.169. The van der Waals surface area contributed by atoms with Crippen molar-refractivity contribution < 1.29 is 9.53 Å². The van der Waals surface area contributed by atoms with Gasteiger partial charge in [-0.3, -0.25) is 14.0 Å². The van der Waals surface area contributed by atoms with E-state index in [2.05, 4.69) is 10.3 Å². The van der Waals surface area contributed by atoms with Crippen LogP contribution in [0.1, 0.15) is 37.8 Å². The van der Waals surface area contributed by atoms with Crippen molar-refractivity contribution in [2.45, 2.75) is 38.7 Å². The molecule has 0 spiro atoms. The molecule has 1 fully saturated rings. The smallest absolute Gasteiger partial charge is 0.258 e. The van der Waals surface area contributed by atoms with Crippen LogP contribution < -0.4 is 15.6 Å². The lowest BCUT2D eigenvalue weighted by molar-refractivity contribution is -0.120. The van der Waals surface area contributed by atoms with Crippen molar-refractivity contribution in [1.82, 2.24) is 9.38 Å². The largest absolute Gasteiger partial charge is 0.487 e. The zero-order chi connectivity index (χ0) is 20.2. The number of carbonyl (C=O) groups excluding carboxylic acids is 1. The Morgan fingerprint density at radius 1 is 1.14 bits per heavy atom.